The molecular weight excluding hydrogens is 2060 g/mol. The molecule has 2 atom stereocenters. The number of aryl methyl sites for hydroxylation is 6. The number of halogens is 2. The molecule has 26 nitrogen and oxygen atoms in total. The maximum Gasteiger partial charge on any atom is 0.498 e. The van der Waals surface area contributed by atoms with E-state index < -0.39 is 19.7 Å². The van der Waals surface area contributed by atoms with Gasteiger partial charge in [-0.15, -0.1) is 105 Å². The Labute approximate surface area is 849 Å². The first-order valence-electron chi connectivity index (χ1n) is 43.4. The highest BCUT2D eigenvalue weighted by Gasteiger charge is 2.52. The third kappa shape index (κ3) is 36.5. The second-order valence-corrected chi connectivity index (χ2v) is 48.4. The highest BCUT2D eigenvalue weighted by Crippen LogP contribution is 2.42. The molecule has 5 aromatic carbocycles. The molecule has 0 saturated carbocycles. The van der Waals surface area contributed by atoms with Crippen LogP contribution in [-0.4, -0.2) is 162 Å². The van der Waals surface area contributed by atoms with Gasteiger partial charge in [0.1, 0.15) is 9.22 Å². The van der Waals surface area contributed by atoms with Crippen LogP contribution in [0.1, 0.15) is 148 Å². The minimum absolute atomic E-state index is 0.0176. The largest absolute Gasteiger partial charge is 0.498 e. The summed E-state index contributed by atoms with van der Waals surface area (Å²) < 4.78 is 82.7. The number of ether oxygens (including phenoxy) is 2. The summed E-state index contributed by atoms with van der Waals surface area (Å²) >= 11 is 22.6. The van der Waals surface area contributed by atoms with E-state index in [1.54, 1.807) is 130 Å². The molecule has 1 saturated heterocycles. The molecule has 1 aliphatic heterocycles. The molecule has 7 aromatic heterocycles. The Hall–Kier alpha value is -6.78. The first-order valence-corrected chi connectivity index (χ1v) is 58.5. The normalized spacial score (nSPS) is 12.9. The number of carbonyl (C=O) groups excluding carboxylic acids is 2. The van der Waals surface area contributed by atoms with Gasteiger partial charge in [-0.1, -0.05) is 108 Å². The number of hydrogen-bond donors (Lipinski definition) is 2. The topological polar surface area (TPSA) is 344 Å². The first-order chi connectivity index (χ1) is 63.8. The van der Waals surface area contributed by atoms with Crippen molar-refractivity contribution >= 4 is 204 Å². The highest BCUT2D eigenvalue weighted by atomic mass is 79.9. The summed E-state index contributed by atoms with van der Waals surface area (Å²) in [6.07, 6.45) is 41.0. The van der Waals surface area contributed by atoms with Crippen molar-refractivity contribution in [1.82, 2.24) is 54.1 Å². The Balaban J connectivity index is 0.000000219. The molecule has 41 heteroatoms. The number of thioether (sulfide) groups is 6. The summed E-state index contributed by atoms with van der Waals surface area (Å²) in [5.41, 5.74) is 18.3. The van der Waals surface area contributed by atoms with Crippen LogP contribution in [-0.2, 0) is 95.6 Å². The Kier molecular flexibility index (Phi) is 48.6. The standard InChI is InChI=1S/C22H32N2O2S2.C18H29NO2S2.C16H17N3S3.C15H16N4O4S3.C10H17BN2O2.C7H6BrNO2S.C5H6BrNS/c1-5-7-8-17(6-2)16-26-22(25)11-12-28-19-9-10-21(27-4)20(13-19)18-14-23-24(3)15-18;1-4-6-7-14(5-2)13-21-18(20)10-11-23-15-8-9-17(22-3)16(19)12-15;1-4-15-17-9-16(22-15)21-12-5-6-14(20-3)13(7-12)11-8-18-19(2)10-11;1-19-9-10(7-18-19)12-5-11(3-4-13(12)25(2,20)21)26(22,23)15-8-17-14(6-16)24-15;1-9(2)10(3,4)15-11(14-9)8-6-12-13(5)7-8;1-12-7-3-2-5(8)4-6(7)9(10)11;1-2-5-7-3-4(6)8-5/h9-10,13-15,17H,5-8,11-12,16H2,1-4H3;8-9,12,14H,4-7,10-11,13,19H2,1-3H3;5-10H,4H2,1-3H3;3-5,7-9H,6,16H2,1-2H3;6-7H,1-5H3;2-4H,1H3;3H,2H2,1H3. The average Bonchev–Trinajstić information content (AvgIpc) is 1.53. The van der Waals surface area contributed by atoms with E-state index in [1.807, 2.05) is 120 Å². The quantitative estimate of drug-likeness (QED) is 0.00912. The first kappa shape index (κ1) is 114. The van der Waals surface area contributed by atoms with Gasteiger partial charge in [-0.05, 0) is 202 Å². The number of esters is 2. The summed E-state index contributed by atoms with van der Waals surface area (Å²) in [5.74, 6) is 2.28. The lowest BCUT2D eigenvalue weighted by Gasteiger charge is -2.32. The van der Waals surface area contributed by atoms with Gasteiger partial charge in [-0.2, -0.15) is 20.4 Å². The molecule has 12 aromatic rings. The minimum Gasteiger partial charge on any atom is -0.465 e. The van der Waals surface area contributed by atoms with Crippen molar-refractivity contribution < 1.29 is 50.1 Å². The van der Waals surface area contributed by atoms with Gasteiger partial charge in [0, 0.05) is 157 Å². The number of nitro benzene ring substituents is 1. The molecule has 0 aliphatic carbocycles. The van der Waals surface area contributed by atoms with E-state index in [9.17, 15) is 36.5 Å². The van der Waals surface area contributed by atoms with E-state index in [0.29, 0.717) is 53.4 Å². The number of rotatable bonds is 37. The predicted molar refractivity (Wildman–Crippen MR) is 566 cm³/mol. The fourth-order valence-corrected chi connectivity index (χ4v) is 23.5. The van der Waals surface area contributed by atoms with Crippen LogP contribution >= 0.6 is 148 Å². The summed E-state index contributed by atoms with van der Waals surface area (Å²) in [7, 11) is -0.244. The maximum atomic E-state index is 12.9. The number of thiazole rings is 3. The van der Waals surface area contributed by atoms with Gasteiger partial charge in [-0.25, -0.2) is 31.8 Å². The number of benzene rings is 5. The van der Waals surface area contributed by atoms with E-state index in [0.717, 1.165) is 108 Å². The molecule has 0 amide bonds. The minimum atomic E-state index is -3.84. The number of nitrogens with two attached hydrogens (primary N) is 2. The zero-order valence-electron chi connectivity index (χ0n) is 79.3. The van der Waals surface area contributed by atoms with E-state index in [-0.39, 0.29) is 67.0 Å². The van der Waals surface area contributed by atoms with Crippen molar-refractivity contribution in [2.24, 2.45) is 45.8 Å². The number of aromatic nitrogens is 11. The van der Waals surface area contributed by atoms with Crippen molar-refractivity contribution in [1.29, 1.82) is 0 Å². The number of nitro groups is 1. The highest BCUT2D eigenvalue weighted by molar-refractivity contribution is 9.11. The fourth-order valence-electron chi connectivity index (χ4n) is 12.6. The van der Waals surface area contributed by atoms with Gasteiger partial charge in [0.05, 0.1) is 112 Å². The van der Waals surface area contributed by atoms with Crippen LogP contribution < -0.4 is 16.9 Å². The van der Waals surface area contributed by atoms with Crippen LogP contribution in [0.3, 0.4) is 0 Å². The number of carbonyl (C=O) groups is 2. The molecule has 0 radical (unpaired) electrons. The molecule has 1 aliphatic rings. The smallest absolute Gasteiger partial charge is 0.465 e. The average molecular weight is 2180 g/mol. The zero-order valence-corrected chi connectivity index (χ0v) is 92.3. The number of unbranched alkanes of at least 4 members (excludes halogenated alkanes) is 2. The second-order valence-electron chi connectivity index (χ2n) is 31.5. The Morgan fingerprint density at radius 2 is 1.02 bits per heavy atom. The van der Waals surface area contributed by atoms with Crippen LogP contribution in [0.15, 0.2) is 220 Å². The monoisotopic (exact) mass is 2180 g/mol. The van der Waals surface area contributed by atoms with Crippen LogP contribution in [0.2, 0.25) is 0 Å². The van der Waals surface area contributed by atoms with Gasteiger partial charge in [-0.3, -0.25) is 38.4 Å². The summed E-state index contributed by atoms with van der Waals surface area (Å²) in [6.45, 7) is 22.4. The maximum absolute atomic E-state index is 12.9. The number of nitrogen functional groups attached to an aromatic ring is 1. The van der Waals surface area contributed by atoms with Gasteiger partial charge in [0.25, 0.3) is 5.69 Å². The summed E-state index contributed by atoms with van der Waals surface area (Å²) in [4.78, 5) is 54.3. The number of anilines is 1. The molecule has 0 spiro atoms. The van der Waals surface area contributed by atoms with Gasteiger partial charge in [0.2, 0.25) is 9.84 Å². The zero-order chi connectivity index (χ0) is 98.5. The van der Waals surface area contributed by atoms with Crippen LogP contribution in [0.25, 0.3) is 33.4 Å². The number of nitrogens with zero attached hydrogens (tertiary/aromatic N) is 12. The summed E-state index contributed by atoms with van der Waals surface area (Å²) in [5, 5.41) is 30.1. The van der Waals surface area contributed by atoms with Crippen LogP contribution in [0.4, 0.5) is 11.4 Å². The summed E-state index contributed by atoms with van der Waals surface area (Å²) in [6, 6.07) is 28.1. The van der Waals surface area contributed by atoms with E-state index in [1.165, 1.54) is 124 Å². The van der Waals surface area contributed by atoms with Crippen molar-refractivity contribution in [3.8, 4) is 33.4 Å². The lowest BCUT2D eigenvalue weighted by atomic mass is 9.82. The van der Waals surface area contributed by atoms with Gasteiger partial charge in [0.15, 0.2) is 9.84 Å². The van der Waals surface area contributed by atoms with E-state index in [2.05, 4.69) is 170 Å². The van der Waals surface area contributed by atoms with Gasteiger partial charge < -0.3 is 30.2 Å². The lowest BCUT2D eigenvalue weighted by molar-refractivity contribution is -0.387. The molecule has 4 N–H and O–H groups in total. The fraction of sp³-hybridized carbons (Fsp3) is 0.430. The Morgan fingerprint density at radius 1 is 0.560 bits per heavy atom. The van der Waals surface area contributed by atoms with E-state index >= 15 is 0 Å². The van der Waals surface area contributed by atoms with Crippen molar-refractivity contribution in [3.63, 3.8) is 0 Å². The third-order valence-electron chi connectivity index (χ3n) is 20.9. The van der Waals surface area contributed by atoms with Crippen LogP contribution in [0, 0.1) is 22.0 Å². The van der Waals surface area contributed by atoms with E-state index in [4.69, 9.17) is 30.2 Å². The van der Waals surface area contributed by atoms with Crippen LogP contribution in [0.5, 0.6) is 0 Å². The van der Waals surface area contributed by atoms with Crippen molar-refractivity contribution in [3.05, 3.63) is 193 Å². The van der Waals surface area contributed by atoms with Crippen molar-refractivity contribution in [2.75, 3.05) is 61.7 Å². The van der Waals surface area contributed by atoms with Gasteiger partial charge >= 0.3 is 19.1 Å². The second kappa shape index (κ2) is 57.1. The third-order valence-corrected chi connectivity index (χ3v) is 34.8. The molecule has 13 rings (SSSR count). The lowest BCUT2D eigenvalue weighted by Crippen LogP contribution is -2.41. The molecule has 1 fully saturated rings. The number of hydrogen-bond acceptors (Lipinski definition) is 31. The molecule has 134 heavy (non-hydrogen) atoms. The Morgan fingerprint density at radius 3 is 1.44 bits per heavy atom. The molecule has 726 valence electrons. The molecule has 8 heterocycles. The SMILES string of the molecule is CCCCC(CC)COC(=O)CCSc1ccc(SC)c(-c2cnn(C)c2)c1.CCCCC(CC)COC(=O)CCSc1ccc(SC)c(N)c1.CCc1ncc(Br)s1.CCc1ncc(Sc2ccc(SC)c(-c3cnn(C)c3)c2)s1.CSc1ccc(Br)cc1[N+](=O)[O-].Cn1cc(-c2cc(S(=O)(=O)c3cnc(CN)s3)ccc2S(C)(=O)=O)cn1.Cn1cc(B2OC(C)(C)C(C)(C)O2)cn1. The predicted octanol–water partition coefficient (Wildman–Crippen LogP) is 23.8. The molecular formula is C93H123BBr2N14O12S12. The molecule has 0 bridgehead atoms. The molecule has 2 unspecified atom stereocenters. The Bertz CT molecular complexity index is 5930. The number of sulfone groups is 2. The van der Waals surface area contributed by atoms with Crippen molar-refractivity contribution in [2.45, 2.75) is 217 Å².